The number of hydrogen-bond acceptors (Lipinski definition) is 5. The molecule has 0 unspecified atom stereocenters. The number of carbonyl (C=O) groups is 1. The molecule has 6 nitrogen and oxygen atoms in total. The molecule has 0 aliphatic heterocycles. The van der Waals surface area contributed by atoms with Crippen molar-refractivity contribution in [1.82, 2.24) is 5.32 Å². The fourth-order valence-electron chi connectivity index (χ4n) is 1.44. The van der Waals surface area contributed by atoms with Crippen LogP contribution < -0.4 is 11.1 Å². The highest BCUT2D eigenvalue weighted by Gasteiger charge is 2.26. The predicted octanol–water partition coefficient (Wildman–Crippen LogP) is -1.41. The van der Waals surface area contributed by atoms with Gasteiger partial charge in [0.25, 0.3) is 0 Å². The Morgan fingerprint density at radius 1 is 1.22 bits per heavy atom. The number of carbonyl (C=O) groups excluding carboxylic acids is 1. The Morgan fingerprint density at radius 2 is 1.83 bits per heavy atom. The minimum absolute atomic E-state index is 0.294. The summed E-state index contributed by atoms with van der Waals surface area (Å²) in [5.74, 6) is -0.519. The molecule has 0 heterocycles. The monoisotopic (exact) mass is 254 g/mol. The summed E-state index contributed by atoms with van der Waals surface area (Å²) in [5, 5.41) is 30.3. The number of primary amides is 1. The summed E-state index contributed by atoms with van der Waals surface area (Å²) >= 11 is 0. The van der Waals surface area contributed by atoms with Gasteiger partial charge in [-0.1, -0.05) is 12.1 Å². The van der Waals surface area contributed by atoms with E-state index in [1.165, 1.54) is 0 Å². The fourth-order valence-corrected chi connectivity index (χ4v) is 1.44. The number of nitrogens with one attached hydrogen (secondary N) is 1. The van der Waals surface area contributed by atoms with Gasteiger partial charge in [0.05, 0.1) is 25.4 Å². The van der Waals surface area contributed by atoms with E-state index < -0.39 is 31.3 Å². The molecule has 0 aromatic heterocycles. The number of aliphatic hydroxyl groups excluding tert-OH is 3. The van der Waals surface area contributed by atoms with Crippen molar-refractivity contribution in [3.63, 3.8) is 0 Å². The summed E-state index contributed by atoms with van der Waals surface area (Å²) in [5.41, 5.74) is 5.18. The van der Waals surface area contributed by atoms with Crippen molar-refractivity contribution >= 4 is 5.91 Å². The van der Waals surface area contributed by atoms with Crippen LogP contribution in [0.2, 0.25) is 0 Å². The van der Waals surface area contributed by atoms with Gasteiger partial charge in [0.2, 0.25) is 5.91 Å². The molecule has 0 radical (unpaired) electrons. The third-order valence-corrected chi connectivity index (χ3v) is 2.79. The fraction of sp³-hybridized carbons (Fsp3) is 0.417. The molecule has 0 aliphatic carbocycles. The topological polar surface area (TPSA) is 116 Å². The van der Waals surface area contributed by atoms with E-state index in [0.29, 0.717) is 12.1 Å². The van der Waals surface area contributed by atoms with E-state index >= 15 is 0 Å². The van der Waals surface area contributed by atoms with Crippen LogP contribution in [0.5, 0.6) is 0 Å². The van der Waals surface area contributed by atoms with Crippen LogP contribution in [-0.4, -0.2) is 46.6 Å². The SMILES string of the molecule is NC(=O)c1cccc(CNC(CO)(CO)CO)c1. The molecule has 0 atom stereocenters. The van der Waals surface area contributed by atoms with Crippen LogP contribution in [0.4, 0.5) is 0 Å². The van der Waals surface area contributed by atoms with Gasteiger partial charge in [-0.25, -0.2) is 0 Å². The average Bonchev–Trinajstić information content (AvgIpc) is 2.41. The summed E-state index contributed by atoms with van der Waals surface area (Å²) in [7, 11) is 0. The van der Waals surface area contributed by atoms with Crippen LogP contribution in [0.15, 0.2) is 24.3 Å². The molecule has 1 aromatic rings. The molecule has 1 rings (SSSR count). The second-order valence-corrected chi connectivity index (χ2v) is 4.17. The van der Waals surface area contributed by atoms with Gasteiger partial charge in [-0.3, -0.25) is 4.79 Å². The molecular formula is C12H18N2O4. The van der Waals surface area contributed by atoms with Crippen LogP contribution in [-0.2, 0) is 6.54 Å². The first kappa shape index (κ1) is 14.6. The van der Waals surface area contributed by atoms with Crippen molar-refractivity contribution in [2.45, 2.75) is 12.1 Å². The second kappa shape index (κ2) is 6.46. The molecule has 18 heavy (non-hydrogen) atoms. The molecule has 0 bridgehead atoms. The largest absolute Gasteiger partial charge is 0.394 e. The summed E-state index contributed by atoms with van der Waals surface area (Å²) in [6.45, 7) is -0.886. The molecule has 1 aromatic carbocycles. The molecule has 1 amide bonds. The summed E-state index contributed by atoms with van der Waals surface area (Å²) < 4.78 is 0. The van der Waals surface area contributed by atoms with E-state index in [2.05, 4.69) is 5.32 Å². The lowest BCUT2D eigenvalue weighted by molar-refractivity contribution is 0.0413. The van der Waals surface area contributed by atoms with Crippen molar-refractivity contribution in [3.05, 3.63) is 35.4 Å². The van der Waals surface area contributed by atoms with E-state index in [1.807, 2.05) is 0 Å². The maximum absolute atomic E-state index is 11.0. The van der Waals surface area contributed by atoms with E-state index in [0.717, 1.165) is 5.56 Å². The number of nitrogens with two attached hydrogens (primary N) is 1. The molecule has 6 heteroatoms. The predicted molar refractivity (Wildman–Crippen MR) is 65.8 cm³/mol. The van der Waals surface area contributed by atoms with Gasteiger partial charge >= 0.3 is 0 Å². The lowest BCUT2D eigenvalue weighted by Crippen LogP contribution is -2.54. The zero-order valence-electron chi connectivity index (χ0n) is 9.97. The van der Waals surface area contributed by atoms with Gasteiger partial charge in [0.15, 0.2) is 0 Å². The van der Waals surface area contributed by atoms with E-state index in [9.17, 15) is 4.79 Å². The number of aliphatic hydroxyl groups is 3. The Labute approximate surface area is 105 Å². The molecule has 0 aliphatic rings. The molecule has 0 saturated carbocycles. The Morgan fingerprint density at radius 3 is 2.33 bits per heavy atom. The van der Waals surface area contributed by atoms with Crippen LogP contribution in [0.3, 0.4) is 0 Å². The van der Waals surface area contributed by atoms with Gasteiger partial charge < -0.3 is 26.4 Å². The summed E-state index contributed by atoms with van der Waals surface area (Å²) in [6.07, 6.45) is 0. The van der Waals surface area contributed by atoms with Crippen LogP contribution in [0.1, 0.15) is 15.9 Å². The van der Waals surface area contributed by atoms with Gasteiger partial charge in [-0.15, -0.1) is 0 Å². The van der Waals surface area contributed by atoms with Crippen LogP contribution in [0.25, 0.3) is 0 Å². The summed E-state index contributed by atoms with van der Waals surface area (Å²) in [6, 6.07) is 6.68. The van der Waals surface area contributed by atoms with Crippen molar-refractivity contribution in [2.24, 2.45) is 5.73 Å². The normalized spacial score (nSPS) is 11.5. The third kappa shape index (κ3) is 3.51. The Kier molecular flexibility index (Phi) is 5.24. The zero-order chi connectivity index (χ0) is 13.6. The second-order valence-electron chi connectivity index (χ2n) is 4.17. The Balaban J connectivity index is 2.73. The minimum atomic E-state index is -1.14. The maximum Gasteiger partial charge on any atom is 0.248 e. The Bertz CT molecular complexity index is 397. The lowest BCUT2D eigenvalue weighted by Gasteiger charge is -2.28. The first-order valence-electron chi connectivity index (χ1n) is 5.53. The standard InChI is InChI=1S/C12H18N2O4/c13-11(18)10-3-1-2-9(4-10)5-14-12(6-15,7-16)8-17/h1-4,14-17H,5-8H2,(H2,13,18). The molecule has 0 saturated heterocycles. The lowest BCUT2D eigenvalue weighted by atomic mass is 10.0. The van der Waals surface area contributed by atoms with E-state index in [-0.39, 0.29) is 0 Å². The quantitative estimate of drug-likeness (QED) is 0.410. The molecular weight excluding hydrogens is 236 g/mol. The molecule has 6 N–H and O–H groups in total. The minimum Gasteiger partial charge on any atom is -0.394 e. The first-order chi connectivity index (χ1) is 8.56. The van der Waals surface area contributed by atoms with Crippen LogP contribution >= 0.6 is 0 Å². The molecule has 0 fully saturated rings. The number of rotatable bonds is 7. The summed E-state index contributed by atoms with van der Waals surface area (Å²) in [4.78, 5) is 11.0. The van der Waals surface area contributed by atoms with E-state index in [4.69, 9.17) is 21.1 Å². The highest BCUT2D eigenvalue weighted by atomic mass is 16.3. The van der Waals surface area contributed by atoms with Crippen molar-refractivity contribution < 1.29 is 20.1 Å². The zero-order valence-corrected chi connectivity index (χ0v) is 9.97. The van der Waals surface area contributed by atoms with Gasteiger partial charge in [-0.05, 0) is 17.7 Å². The maximum atomic E-state index is 11.0. The molecule has 100 valence electrons. The number of benzene rings is 1. The number of amides is 1. The highest BCUT2D eigenvalue weighted by Crippen LogP contribution is 2.08. The van der Waals surface area contributed by atoms with Gasteiger partial charge in [0, 0.05) is 12.1 Å². The third-order valence-electron chi connectivity index (χ3n) is 2.79. The van der Waals surface area contributed by atoms with Gasteiger partial charge in [-0.2, -0.15) is 0 Å². The average molecular weight is 254 g/mol. The van der Waals surface area contributed by atoms with Crippen molar-refractivity contribution in [2.75, 3.05) is 19.8 Å². The highest BCUT2D eigenvalue weighted by molar-refractivity contribution is 5.92. The van der Waals surface area contributed by atoms with Crippen molar-refractivity contribution in [3.8, 4) is 0 Å². The Hall–Kier alpha value is -1.47. The number of hydrogen-bond donors (Lipinski definition) is 5. The van der Waals surface area contributed by atoms with E-state index in [1.54, 1.807) is 24.3 Å². The molecule has 0 spiro atoms. The smallest absolute Gasteiger partial charge is 0.248 e. The first-order valence-corrected chi connectivity index (χ1v) is 5.53. The van der Waals surface area contributed by atoms with Crippen molar-refractivity contribution in [1.29, 1.82) is 0 Å². The van der Waals surface area contributed by atoms with Gasteiger partial charge in [0.1, 0.15) is 0 Å². The van der Waals surface area contributed by atoms with Crippen LogP contribution in [0, 0.1) is 0 Å².